The molecule has 1 heterocycles. The molecule has 0 aliphatic carbocycles. The van der Waals surface area contributed by atoms with Crippen LogP contribution in [0.4, 0.5) is 4.39 Å². The van der Waals surface area contributed by atoms with Crippen LogP contribution in [0.15, 0.2) is 6.33 Å². The number of aromatic amines is 1. The first-order chi connectivity index (χ1) is 6.15. The molecule has 0 aliphatic heterocycles. The van der Waals surface area contributed by atoms with Crippen LogP contribution in [-0.2, 0) is 17.9 Å². The predicted octanol–water partition coefficient (Wildman–Crippen LogP) is -0.166. The van der Waals surface area contributed by atoms with Crippen LogP contribution in [0, 0.1) is 0 Å². The highest BCUT2D eigenvalue weighted by Gasteiger charge is 2.15. The summed E-state index contributed by atoms with van der Waals surface area (Å²) < 4.78 is 12.2. The van der Waals surface area contributed by atoms with Crippen molar-refractivity contribution in [1.29, 1.82) is 0 Å². The van der Waals surface area contributed by atoms with Gasteiger partial charge in [0.2, 0.25) is 0 Å². The smallest absolute Gasteiger partial charge is 0.320 e. The molecular weight excluding hydrogens is 177 g/mol. The fraction of sp³-hybridized carbons (Fsp3) is 0.429. The van der Waals surface area contributed by atoms with Crippen LogP contribution >= 0.6 is 0 Å². The standard InChI is InChI=1S/C7H10FN3O2/c8-2-6-5(10-3-11-6)1-4(9)7(12)13/h3-4H,1-2,9H2,(H,10,11)(H,12,13). The number of aliphatic carboxylic acids is 1. The van der Waals surface area contributed by atoms with Crippen molar-refractivity contribution in [3.05, 3.63) is 17.7 Å². The predicted molar refractivity (Wildman–Crippen MR) is 42.7 cm³/mol. The van der Waals surface area contributed by atoms with Crippen LogP contribution in [0.5, 0.6) is 0 Å². The van der Waals surface area contributed by atoms with Crippen molar-refractivity contribution in [3.8, 4) is 0 Å². The van der Waals surface area contributed by atoms with Gasteiger partial charge in [0.25, 0.3) is 0 Å². The average Bonchev–Trinajstić information content (AvgIpc) is 2.51. The normalized spacial score (nSPS) is 12.8. The number of carboxylic acids is 1. The molecule has 0 fully saturated rings. The molecular formula is C7H10FN3O2. The second-order valence-corrected chi connectivity index (χ2v) is 2.61. The van der Waals surface area contributed by atoms with E-state index in [9.17, 15) is 9.18 Å². The molecule has 1 aromatic rings. The van der Waals surface area contributed by atoms with E-state index < -0.39 is 18.7 Å². The van der Waals surface area contributed by atoms with Gasteiger partial charge in [-0.3, -0.25) is 4.79 Å². The Morgan fingerprint density at radius 2 is 2.54 bits per heavy atom. The zero-order chi connectivity index (χ0) is 9.84. The number of carbonyl (C=O) groups is 1. The van der Waals surface area contributed by atoms with Crippen molar-refractivity contribution in [1.82, 2.24) is 9.97 Å². The topological polar surface area (TPSA) is 92.0 Å². The maximum atomic E-state index is 12.2. The van der Waals surface area contributed by atoms with Gasteiger partial charge in [0.05, 0.1) is 17.7 Å². The highest BCUT2D eigenvalue weighted by atomic mass is 19.1. The van der Waals surface area contributed by atoms with E-state index in [0.29, 0.717) is 5.69 Å². The van der Waals surface area contributed by atoms with Gasteiger partial charge in [-0.2, -0.15) is 0 Å². The number of nitrogens with one attached hydrogen (secondary N) is 1. The van der Waals surface area contributed by atoms with Crippen LogP contribution < -0.4 is 5.73 Å². The van der Waals surface area contributed by atoms with Crippen LogP contribution in [-0.4, -0.2) is 27.1 Å². The molecule has 1 aromatic heterocycles. The van der Waals surface area contributed by atoms with Gasteiger partial charge in [-0.15, -0.1) is 0 Å². The Morgan fingerprint density at radius 3 is 3.08 bits per heavy atom. The molecule has 5 nitrogen and oxygen atoms in total. The number of imidazole rings is 1. The van der Waals surface area contributed by atoms with Gasteiger partial charge < -0.3 is 15.8 Å². The summed E-state index contributed by atoms with van der Waals surface area (Å²) in [5.41, 5.74) is 5.92. The van der Waals surface area contributed by atoms with Crippen molar-refractivity contribution >= 4 is 5.97 Å². The van der Waals surface area contributed by atoms with Gasteiger partial charge in [0.1, 0.15) is 12.7 Å². The third kappa shape index (κ3) is 2.25. The molecule has 0 radical (unpaired) electrons. The summed E-state index contributed by atoms with van der Waals surface area (Å²) in [5.74, 6) is -1.12. The van der Waals surface area contributed by atoms with Crippen molar-refractivity contribution in [3.63, 3.8) is 0 Å². The molecule has 1 unspecified atom stereocenters. The van der Waals surface area contributed by atoms with Gasteiger partial charge in [-0.1, -0.05) is 0 Å². The monoisotopic (exact) mass is 187 g/mol. The molecule has 72 valence electrons. The number of hydrogen-bond donors (Lipinski definition) is 3. The third-order valence-corrected chi connectivity index (χ3v) is 1.67. The fourth-order valence-electron chi connectivity index (χ4n) is 0.937. The van der Waals surface area contributed by atoms with Crippen molar-refractivity contribution in [2.75, 3.05) is 0 Å². The zero-order valence-electron chi connectivity index (χ0n) is 6.83. The lowest BCUT2D eigenvalue weighted by Gasteiger charge is -2.03. The number of H-pyrrole nitrogens is 1. The van der Waals surface area contributed by atoms with Crippen molar-refractivity contribution in [2.45, 2.75) is 19.1 Å². The Labute approximate surface area is 73.8 Å². The first-order valence-corrected chi connectivity index (χ1v) is 3.70. The first-order valence-electron chi connectivity index (χ1n) is 3.70. The number of aromatic nitrogens is 2. The minimum absolute atomic E-state index is 0.0398. The number of carboxylic acid groups (broad SMARTS) is 1. The molecule has 0 spiro atoms. The minimum atomic E-state index is -1.12. The van der Waals surface area contributed by atoms with Crippen LogP contribution in [0.1, 0.15) is 11.4 Å². The lowest BCUT2D eigenvalue weighted by molar-refractivity contribution is -0.138. The van der Waals surface area contributed by atoms with Crippen molar-refractivity contribution in [2.24, 2.45) is 5.73 Å². The number of hydrogen-bond acceptors (Lipinski definition) is 3. The Bertz CT molecular complexity index is 300. The second-order valence-electron chi connectivity index (χ2n) is 2.61. The Kier molecular flexibility index (Phi) is 2.97. The second kappa shape index (κ2) is 3.99. The van der Waals surface area contributed by atoms with Crippen molar-refractivity contribution < 1.29 is 14.3 Å². The Hall–Kier alpha value is -1.43. The average molecular weight is 187 g/mol. The van der Waals surface area contributed by atoms with Gasteiger partial charge in [0, 0.05) is 6.42 Å². The van der Waals surface area contributed by atoms with E-state index in [1.807, 2.05) is 0 Å². The molecule has 1 rings (SSSR count). The molecule has 0 amide bonds. The highest BCUT2D eigenvalue weighted by molar-refractivity contribution is 5.73. The summed E-state index contributed by atoms with van der Waals surface area (Å²) in [7, 11) is 0. The van der Waals surface area contributed by atoms with E-state index in [1.165, 1.54) is 6.33 Å². The number of halogens is 1. The lowest BCUT2D eigenvalue weighted by Crippen LogP contribution is -2.32. The van der Waals surface area contributed by atoms with E-state index in [-0.39, 0.29) is 12.1 Å². The lowest BCUT2D eigenvalue weighted by atomic mass is 10.1. The highest BCUT2D eigenvalue weighted by Crippen LogP contribution is 2.06. The summed E-state index contributed by atoms with van der Waals surface area (Å²) in [6.45, 7) is -0.693. The van der Waals surface area contributed by atoms with Crippen LogP contribution in [0.2, 0.25) is 0 Å². The molecule has 0 bridgehead atoms. The molecule has 0 aromatic carbocycles. The number of nitrogens with zero attached hydrogens (tertiary/aromatic N) is 1. The maximum absolute atomic E-state index is 12.2. The quantitative estimate of drug-likeness (QED) is 0.610. The summed E-state index contributed by atoms with van der Waals surface area (Å²) in [4.78, 5) is 16.7. The van der Waals surface area contributed by atoms with Gasteiger partial charge in [0.15, 0.2) is 0 Å². The number of rotatable bonds is 4. The largest absolute Gasteiger partial charge is 0.480 e. The zero-order valence-corrected chi connectivity index (χ0v) is 6.83. The fourth-order valence-corrected chi connectivity index (χ4v) is 0.937. The first kappa shape index (κ1) is 9.66. The molecule has 6 heteroatoms. The van der Waals surface area contributed by atoms with Gasteiger partial charge in [-0.05, 0) is 0 Å². The molecule has 0 saturated carbocycles. The van der Waals surface area contributed by atoms with Crippen LogP contribution in [0.25, 0.3) is 0 Å². The number of alkyl halides is 1. The molecule has 4 N–H and O–H groups in total. The van der Waals surface area contributed by atoms with E-state index in [0.717, 1.165) is 0 Å². The SMILES string of the molecule is NC(Cc1nc[nH]c1CF)C(=O)O. The molecule has 0 aliphatic rings. The van der Waals surface area contributed by atoms with E-state index in [2.05, 4.69) is 9.97 Å². The summed E-state index contributed by atoms with van der Waals surface area (Å²) >= 11 is 0. The van der Waals surface area contributed by atoms with E-state index in [1.54, 1.807) is 0 Å². The number of nitrogens with two attached hydrogens (primary N) is 1. The van der Waals surface area contributed by atoms with Crippen LogP contribution in [0.3, 0.4) is 0 Å². The molecule has 13 heavy (non-hydrogen) atoms. The Balaban J connectivity index is 2.68. The molecule has 1 atom stereocenters. The molecule has 0 saturated heterocycles. The minimum Gasteiger partial charge on any atom is -0.480 e. The summed E-state index contributed by atoms with van der Waals surface area (Å²) in [6.07, 6.45) is 1.36. The Morgan fingerprint density at radius 1 is 1.85 bits per heavy atom. The third-order valence-electron chi connectivity index (χ3n) is 1.67. The van der Waals surface area contributed by atoms with E-state index in [4.69, 9.17) is 10.8 Å². The van der Waals surface area contributed by atoms with E-state index >= 15 is 0 Å². The maximum Gasteiger partial charge on any atom is 0.320 e. The van der Waals surface area contributed by atoms with Gasteiger partial charge >= 0.3 is 5.97 Å². The van der Waals surface area contributed by atoms with Gasteiger partial charge in [-0.25, -0.2) is 9.37 Å². The summed E-state index contributed by atoms with van der Waals surface area (Å²) in [6, 6.07) is -1.03. The summed E-state index contributed by atoms with van der Waals surface area (Å²) in [5, 5.41) is 8.49.